The summed E-state index contributed by atoms with van der Waals surface area (Å²) in [6, 6.07) is 6.85. The molecule has 28 heavy (non-hydrogen) atoms. The van der Waals surface area contributed by atoms with Gasteiger partial charge in [-0.1, -0.05) is 11.6 Å². The van der Waals surface area contributed by atoms with E-state index in [4.69, 9.17) is 16.3 Å². The fourth-order valence-electron chi connectivity index (χ4n) is 2.97. The molecule has 1 aliphatic rings. The summed E-state index contributed by atoms with van der Waals surface area (Å²) >= 11 is 5.82. The molecule has 154 valence electrons. The summed E-state index contributed by atoms with van der Waals surface area (Å²) in [4.78, 5) is 39.3. The van der Waals surface area contributed by atoms with Crippen molar-refractivity contribution in [2.24, 2.45) is 0 Å². The van der Waals surface area contributed by atoms with Crippen molar-refractivity contribution in [2.75, 3.05) is 45.2 Å². The number of benzene rings is 1. The van der Waals surface area contributed by atoms with Gasteiger partial charge < -0.3 is 20.3 Å². The predicted molar refractivity (Wildman–Crippen MR) is 107 cm³/mol. The number of nitrogens with one attached hydrogen (secondary N) is 2. The van der Waals surface area contributed by atoms with Gasteiger partial charge in [-0.25, -0.2) is 4.79 Å². The van der Waals surface area contributed by atoms with E-state index in [1.165, 1.54) is 0 Å². The van der Waals surface area contributed by atoms with Crippen LogP contribution in [0.25, 0.3) is 0 Å². The fraction of sp³-hybridized carbons (Fsp3) is 0.526. The van der Waals surface area contributed by atoms with Gasteiger partial charge in [0, 0.05) is 29.8 Å². The van der Waals surface area contributed by atoms with Crippen LogP contribution in [0.2, 0.25) is 5.02 Å². The van der Waals surface area contributed by atoms with Crippen molar-refractivity contribution in [2.45, 2.75) is 25.8 Å². The molecule has 1 aromatic carbocycles. The normalized spacial score (nSPS) is 14.6. The van der Waals surface area contributed by atoms with Crippen LogP contribution >= 0.6 is 11.6 Å². The van der Waals surface area contributed by atoms with Gasteiger partial charge in [0.15, 0.2) is 0 Å². The van der Waals surface area contributed by atoms with Crippen LogP contribution in [0, 0.1) is 0 Å². The molecule has 0 unspecified atom stereocenters. The van der Waals surface area contributed by atoms with Gasteiger partial charge in [-0.15, -0.1) is 0 Å². The van der Waals surface area contributed by atoms with Crippen molar-refractivity contribution in [1.29, 1.82) is 0 Å². The molecule has 1 aromatic rings. The minimum absolute atomic E-state index is 0.0227. The minimum Gasteiger partial charge on any atom is -0.450 e. The van der Waals surface area contributed by atoms with E-state index in [9.17, 15) is 14.4 Å². The largest absolute Gasteiger partial charge is 0.450 e. The fourth-order valence-corrected chi connectivity index (χ4v) is 3.10. The smallest absolute Gasteiger partial charge is 0.409 e. The van der Waals surface area contributed by atoms with E-state index in [-0.39, 0.29) is 37.0 Å². The summed E-state index contributed by atoms with van der Waals surface area (Å²) in [5, 5.41) is 6.32. The van der Waals surface area contributed by atoms with Crippen molar-refractivity contribution in [3.8, 4) is 0 Å². The van der Waals surface area contributed by atoms with Gasteiger partial charge >= 0.3 is 6.09 Å². The van der Waals surface area contributed by atoms with Crippen molar-refractivity contribution in [1.82, 2.24) is 15.1 Å². The van der Waals surface area contributed by atoms with Gasteiger partial charge in [-0.05, 0) is 51.1 Å². The van der Waals surface area contributed by atoms with Crippen LogP contribution in [0.3, 0.4) is 0 Å². The average Bonchev–Trinajstić information content (AvgIpc) is 2.64. The second-order valence-electron chi connectivity index (χ2n) is 6.76. The molecule has 8 nitrogen and oxygen atoms in total. The summed E-state index contributed by atoms with van der Waals surface area (Å²) in [6.07, 6.45) is 1.06. The second-order valence-corrected chi connectivity index (χ2v) is 7.19. The van der Waals surface area contributed by atoms with Gasteiger partial charge in [0.25, 0.3) is 0 Å². The third kappa shape index (κ3) is 7.36. The third-order valence-electron chi connectivity index (χ3n) is 4.34. The molecule has 0 saturated carbocycles. The number of rotatable bonds is 7. The molecule has 2 N–H and O–H groups in total. The van der Waals surface area contributed by atoms with Crippen LogP contribution in [0.1, 0.15) is 19.8 Å². The predicted octanol–water partition coefficient (Wildman–Crippen LogP) is 1.95. The van der Waals surface area contributed by atoms with Crippen LogP contribution < -0.4 is 10.6 Å². The molecule has 0 atom stereocenters. The summed E-state index contributed by atoms with van der Waals surface area (Å²) in [5.41, 5.74) is 0.653. The van der Waals surface area contributed by atoms with Crippen LogP contribution in [0.4, 0.5) is 10.5 Å². The van der Waals surface area contributed by atoms with Gasteiger partial charge in [0.2, 0.25) is 11.8 Å². The zero-order valence-corrected chi connectivity index (χ0v) is 17.0. The van der Waals surface area contributed by atoms with Gasteiger partial charge in [0.05, 0.1) is 19.7 Å². The van der Waals surface area contributed by atoms with Crippen LogP contribution in [0.15, 0.2) is 24.3 Å². The Bertz CT molecular complexity index is 675. The number of carbonyl (C=O) groups is 3. The molecule has 1 heterocycles. The SMILES string of the molecule is CCOC(=O)N1CCC(NC(=O)CN(C)CC(=O)Nc2ccc(Cl)cc2)CC1. The van der Waals surface area contributed by atoms with Crippen LogP contribution in [-0.4, -0.2) is 73.6 Å². The number of hydrogen-bond acceptors (Lipinski definition) is 5. The number of carbonyl (C=O) groups excluding carboxylic acids is 3. The Morgan fingerprint density at radius 2 is 1.75 bits per heavy atom. The Labute approximate surface area is 170 Å². The minimum atomic E-state index is -0.307. The maximum Gasteiger partial charge on any atom is 0.409 e. The first-order valence-electron chi connectivity index (χ1n) is 9.32. The molecular formula is C19H27ClN4O4. The lowest BCUT2D eigenvalue weighted by Crippen LogP contribution is -2.49. The lowest BCUT2D eigenvalue weighted by Gasteiger charge is -2.31. The van der Waals surface area contributed by atoms with Crippen molar-refractivity contribution >= 4 is 35.2 Å². The maximum atomic E-state index is 12.2. The number of anilines is 1. The van der Waals surface area contributed by atoms with Crippen molar-refractivity contribution < 1.29 is 19.1 Å². The van der Waals surface area contributed by atoms with Crippen LogP contribution in [0.5, 0.6) is 0 Å². The molecule has 0 spiro atoms. The first kappa shape index (κ1) is 22.0. The monoisotopic (exact) mass is 410 g/mol. The lowest BCUT2D eigenvalue weighted by atomic mass is 10.1. The standard InChI is InChI=1S/C19H27ClN4O4/c1-3-28-19(27)24-10-8-16(9-11-24)22-18(26)13-23(2)12-17(25)21-15-6-4-14(20)5-7-15/h4-7,16H,3,8-13H2,1-2H3,(H,21,25)(H,22,26). The lowest BCUT2D eigenvalue weighted by molar-refractivity contribution is -0.123. The molecule has 0 bridgehead atoms. The number of halogens is 1. The molecular weight excluding hydrogens is 384 g/mol. The van der Waals surface area contributed by atoms with E-state index < -0.39 is 0 Å². The number of nitrogens with zero attached hydrogens (tertiary/aromatic N) is 2. The highest BCUT2D eigenvalue weighted by Gasteiger charge is 2.24. The number of ether oxygens (including phenoxy) is 1. The zero-order chi connectivity index (χ0) is 20.5. The van der Waals surface area contributed by atoms with Gasteiger partial charge in [-0.3, -0.25) is 14.5 Å². The van der Waals surface area contributed by atoms with E-state index in [0.29, 0.717) is 43.2 Å². The van der Waals surface area contributed by atoms with Crippen molar-refractivity contribution in [3.05, 3.63) is 29.3 Å². The first-order chi connectivity index (χ1) is 13.4. The maximum absolute atomic E-state index is 12.2. The molecule has 3 amide bonds. The molecule has 1 fully saturated rings. The van der Waals surface area contributed by atoms with E-state index in [0.717, 1.165) is 0 Å². The van der Waals surface area contributed by atoms with Gasteiger partial charge in [-0.2, -0.15) is 0 Å². The van der Waals surface area contributed by atoms with Crippen LogP contribution in [-0.2, 0) is 14.3 Å². The number of hydrogen-bond donors (Lipinski definition) is 2. The number of likely N-dealkylation sites (tertiary alicyclic amines) is 1. The number of amides is 3. The highest BCUT2D eigenvalue weighted by atomic mass is 35.5. The number of piperidine rings is 1. The van der Waals surface area contributed by atoms with Crippen molar-refractivity contribution in [3.63, 3.8) is 0 Å². The summed E-state index contributed by atoms with van der Waals surface area (Å²) < 4.78 is 4.98. The summed E-state index contributed by atoms with van der Waals surface area (Å²) in [6.45, 7) is 3.46. The highest BCUT2D eigenvalue weighted by molar-refractivity contribution is 6.30. The molecule has 0 radical (unpaired) electrons. The molecule has 2 rings (SSSR count). The second kappa shape index (κ2) is 10.9. The molecule has 9 heteroatoms. The Hall–Kier alpha value is -2.32. The Balaban J connectivity index is 1.67. The summed E-state index contributed by atoms with van der Waals surface area (Å²) in [5.74, 6) is -0.350. The number of likely N-dealkylation sites (N-methyl/N-ethyl adjacent to an activating group) is 1. The Morgan fingerprint density at radius 3 is 2.36 bits per heavy atom. The topological polar surface area (TPSA) is 91.0 Å². The molecule has 1 aliphatic heterocycles. The third-order valence-corrected chi connectivity index (χ3v) is 4.59. The van der Waals surface area contributed by atoms with Gasteiger partial charge in [0.1, 0.15) is 0 Å². The van der Waals surface area contributed by atoms with E-state index in [1.54, 1.807) is 48.0 Å². The first-order valence-corrected chi connectivity index (χ1v) is 9.70. The average molecular weight is 411 g/mol. The molecule has 1 saturated heterocycles. The van der Waals surface area contributed by atoms with E-state index >= 15 is 0 Å². The Kier molecular flexibility index (Phi) is 8.53. The Morgan fingerprint density at radius 1 is 1.14 bits per heavy atom. The quantitative estimate of drug-likeness (QED) is 0.716. The van der Waals surface area contributed by atoms with E-state index in [2.05, 4.69) is 10.6 Å². The molecule has 0 aliphatic carbocycles. The summed E-state index contributed by atoms with van der Waals surface area (Å²) in [7, 11) is 1.71. The van der Waals surface area contributed by atoms with E-state index in [1.807, 2.05) is 0 Å². The highest BCUT2D eigenvalue weighted by Crippen LogP contribution is 2.13. The zero-order valence-electron chi connectivity index (χ0n) is 16.2. The molecule has 0 aromatic heterocycles.